The monoisotopic (exact) mass is 330 g/mol. The summed E-state index contributed by atoms with van der Waals surface area (Å²) in [5.74, 6) is -1.14. The smallest absolute Gasteiger partial charge is 0.337 e. The van der Waals surface area contributed by atoms with E-state index >= 15 is 0 Å². The molecular formula is C13H9Cl3N2O2. The summed E-state index contributed by atoms with van der Waals surface area (Å²) in [7, 11) is 0. The van der Waals surface area contributed by atoms with Gasteiger partial charge in [0.1, 0.15) is 0 Å². The molecule has 2 aromatic carbocycles. The lowest BCUT2D eigenvalue weighted by Gasteiger charge is -2.13. The van der Waals surface area contributed by atoms with Crippen LogP contribution in [0, 0.1) is 0 Å². The molecule has 4 nitrogen and oxygen atoms in total. The Balaban J connectivity index is 2.50. The van der Waals surface area contributed by atoms with E-state index in [-0.39, 0.29) is 22.0 Å². The number of rotatable bonds is 3. The maximum Gasteiger partial charge on any atom is 0.337 e. The maximum atomic E-state index is 11.2. The molecule has 0 heterocycles. The first-order valence-electron chi connectivity index (χ1n) is 5.42. The summed E-state index contributed by atoms with van der Waals surface area (Å²) >= 11 is 17.8. The van der Waals surface area contributed by atoms with Gasteiger partial charge in [0.25, 0.3) is 0 Å². The topological polar surface area (TPSA) is 75.3 Å². The number of nitrogens with two attached hydrogens (primary N) is 1. The summed E-state index contributed by atoms with van der Waals surface area (Å²) < 4.78 is 0. The van der Waals surface area contributed by atoms with E-state index in [1.807, 2.05) is 0 Å². The summed E-state index contributed by atoms with van der Waals surface area (Å²) in [5, 5.41) is 13.1. The van der Waals surface area contributed by atoms with Crippen molar-refractivity contribution in [1.29, 1.82) is 0 Å². The first kappa shape index (κ1) is 14.8. The number of hydrogen-bond acceptors (Lipinski definition) is 3. The Morgan fingerprint density at radius 2 is 1.65 bits per heavy atom. The standard InChI is InChI=1S/C13H9Cl3N2O2/c14-6-1-7(15)3-9(2-6)18-12-10(13(19)20)4-8(17)5-11(12)16/h1-5,18H,17H2,(H,19,20). The van der Waals surface area contributed by atoms with Gasteiger partial charge >= 0.3 is 5.97 Å². The molecule has 0 saturated heterocycles. The molecule has 0 fully saturated rings. The Morgan fingerprint density at radius 3 is 2.20 bits per heavy atom. The van der Waals surface area contributed by atoms with Crippen molar-refractivity contribution in [2.75, 3.05) is 11.1 Å². The fourth-order valence-electron chi connectivity index (χ4n) is 1.69. The molecular weight excluding hydrogens is 323 g/mol. The van der Waals surface area contributed by atoms with Crippen LogP contribution in [0.15, 0.2) is 30.3 Å². The van der Waals surface area contributed by atoms with E-state index in [9.17, 15) is 9.90 Å². The number of aromatic carboxylic acids is 1. The van der Waals surface area contributed by atoms with Gasteiger partial charge in [0.2, 0.25) is 0 Å². The average Bonchev–Trinajstić information content (AvgIpc) is 2.30. The number of nitrogen functional groups attached to an aromatic ring is 1. The van der Waals surface area contributed by atoms with Crippen LogP contribution in [0.2, 0.25) is 15.1 Å². The summed E-state index contributed by atoms with van der Waals surface area (Å²) in [4.78, 5) is 11.2. The second kappa shape index (κ2) is 5.79. The first-order chi connectivity index (χ1) is 9.36. The average molecular weight is 332 g/mol. The zero-order valence-electron chi connectivity index (χ0n) is 9.95. The van der Waals surface area contributed by atoms with E-state index in [0.717, 1.165) is 0 Å². The van der Waals surface area contributed by atoms with Crippen molar-refractivity contribution in [1.82, 2.24) is 0 Å². The van der Waals surface area contributed by atoms with E-state index in [1.54, 1.807) is 18.2 Å². The van der Waals surface area contributed by atoms with Gasteiger partial charge in [-0.15, -0.1) is 0 Å². The Hall–Kier alpha value is -1.62. The molecule has 20 heavy (non-hydrogen) atoms. The van der Waals surface area contributed by atoms with E-state index in [4.69, 9.17) is 40.5 Å². The minimum atomic E-state index is -1.14. The van der Waals surface area contributed by atoms with Crippen LogP contribution in [-0.4, -0.2) is 11.1 Å². The maximum absolute atomic E-state index is 11.2. The summed E-state index contributed by atoms with van der Waals surface area (Å²) in [6.07, 6.45) is 0. The highest BCUT2D eigenvalue weighted by molar-refractivity contribution is 6.36. The van der Waals surface area contributed by atoms with Crippen molar-refractivity contribution in [3.8, 4) is 0 Å². The molecule has 2 aromatic rings. The number of halogens is 3. The highest BCUT2D eigenvalue weighted by atomic mass is 35.5. The SMILES string of the molecule is Nc1cc(Cl)c(Nc2cc(Cl)cc(Cl)c2)c(C(=O)O)c1. The van der Waals surface area contributed by atoms with Gasteiger partial charge < -0.3 is 16.2 Å². The largest absolute Gasteiger partial charge is 0.478 e. The number of anilines is 3. The molecule has 4 N–H and O–H groups in total. The molecule has 0 atom stereocenters. The van der Waals surface area contributed by atoms with Crippen LogP contribution >= 0.6 is 34.8 Å². The lowest BCUT2D eigenvalue weighted by atomic mass is 10.1. The van der Waals surface area contributed by atoms with Gasteiger partial charge in [-0.25, -0.2) is 4.79 Å². The molecule has 0 unspecified atom stereocenters. The number of nitrogens with one attached hydrogen (secondary N) is 1. The number of hydrogen-bond donors (Lipinski definition) is 3. The van der Waals surface area contributed by atoms with E-state index in [1.165, 1.54) is 12.1 Å². The molecule has 0 bridgehead atoms. The zero-order chi connectivity index (χ0) is 14.9. The number of carboxylic acid groups (broad SMARTS) is 1. The van der Waals surface area contributed by atoms with E-state index < -0.39 is 5.97 Å². The molecule has 0 aromatic heterocycles. The van der Waals surface area contributed by atoms with Crippen molar-refractivity contribution >= 4 is 57.8 Å². The van der Waals surface area contributed by atoms with Gasteiger partial charge in [-0.3, -0.25) is 0 Å². The molecule has 104 valence electrons. The van der Waals surface area contributed by atoms with Crippen LogP contribution in [0.25, 0.3) is 0 Å². The summed E-state index contributed by atoms with van der Waals surface area (Å²) in [5.41, 5.74) is 6.57. The molecule has 0 aliphatic heterocycles. The molecule has 2 rings (SSSR count). The molecule has 0 aliphatic carbocycles. The van der Waals surface area contributed by atoms with Crippen LogP contribution in [0.5, 0.6) is 0 Å². The Kier molecular flexibility index (Phi) is 4.28. The van der Waals surface area contributed by atoms with Crippen molar-refractivity contribution in [2.45, 2.75) is 0 Å². The van der Waals surface area contributed by atoms with Crippen LogP contribution in [0.1, 0.15) is 10.4 Å². The normalized spacial score (nSPS) is 10.3. The predicted octanol–water partition coefficient (Wildman–Crippen LogP) is 4.67. The van der Waals surface area contributed by atoms with Gasteiger partial charge in [-0.1, -0.05) is 34.8 Å². The minimum absolute atomic E-state index is 0.0360. The van der Waals surface area contributed by atoms with Gasteiger partial charge in [0.15, 0.2) is 0 Å². The fraction of sp³-hybridized carbons (Fsp3) is 0. The first-order valence-corrected chi connectivity index (χ1v) is 6.55. The molecule has 0 amide bonds. The Labute approximate surface area is 130 Å². The second-order valence-corrected chi connectivity index (χ2v) is 5.29. The third-order valence-electron chi connectivity index (χ3n) is 2.47. The van der Waals surface area contributed by atoms with Crippen molar-refractivity contribution in [3.63, 3.8) is 0 Å². The van der Waals surface area contributed by atoms with Gasteiger partial charge in [0.05, 0.1) is 16.3 Å². The number of carbonyl (C=O) groups is 1. The van der Waals surface area contributed by atoms with Crippen LogP contribution in [-0.2, 0) is 0 Å². The summed E-state index contributed by atoms with van der Waals surface area (Å²) in [6, 6.07) is 7.56. The molecule has 0 spiro atoms. The molecule has 0 aliphatic rings. The lowest BCUT2D eigenvalue weighted by molar-refractivity contribution is 0.0698. The minimum Gasteiger partial charge on any atom is -0.478 e. The second-order valence-electron chi connectivity index (χ2n) is 4.01. The number of benzene rings is 2. The van der Waals surface area contributed by atoms with Gasteiger partial charge in [0, 0.05) is 21.4 Å². The summed E-state index contributed by atoms with van der Waals surface area (Å²) in [6.45, 7) is 0. The highest BCUT2D eigenvalue weighted by Gasteiger charge is 2.15. The van der Waals surface area contributed by atoms with Crippen LogP contribution in [0.4, 0.5) is 17.1 Å². The fourth-order valence-corrected chi connectivity index (χ4v) is 2.49. The van der Waals surface area contributed by atoms with Gasteiger partial charge in [-0.05, 0) is 30.3 Å². The lowest BCUT2D eigenvalue weighted by Crippen LogP contribution is -2.05. The highest BCUT2D eigenvalue weighted by Crippen LogP contribution is 2.33. The van der Waals surface area contributed by atoms with Crippen LogP contribution in [0.3, 0.4) is 0 Å². The van der Waals surface area contributed by atoms with E-state index in [2.05, 4.69) is 5.32 Å². The Bertz CT molecular complexity index is 669. The van der Waals surface area contributed by atoms with Crippen molar-refractivity contribution in [3.05, 3.63) is 51.0 Å². The zero-order valence-corrected chi connectivity index (χ0v) is 12.2. The van der Waals surface area contributed by atoms with E-state index in [0.29, 0.717) is 15.7 Å². The van der Waals surface area contributed by atoms with Crippen molar-refractivity contribution in [2.24, 2.45) is 0 Å². The number of carboxylic acids is 1. The molecule has 7 heteroatoms. The molecule has 0 radical (unpaired) electrons. The predicted molar refractivity (Wildman–Crippen MR) is 82.6 cm³/mol. The quantitative estimate of drug-likeness (QED) is 0.714. The third kappa shape index (κ3) is 3.28. The van der Waals surface area contributed by atoms with Crippen LogP contribution < -0.4 is 11.1 Å². The molecule has 0 saturated carbocycles. The van der Waals surface area contributed by atoms with Crippen molar-refractivity contribution < 1.29 is 9.90 Å². The van der Waals surface area contributed by atoms with Gasteiger partial charge in [-0.2, -0.15) is 0 Å². The third-order valence-corrected chi connectivity index (χ3v) is 3.21. The Morgan fingerprint density at radius 1 is 1.05 bits per heavy atom.